The Morgan fingerprint density at radius 2 is 1.83 bits per heavy atom. The molecule has 0 aromatic heterocycles. The van der Waals surface area contributed by atoms with Crippen molar-refractivity contribution >= 4 is 23.6 Å². The van der Waals surface area contributed by atoms with E-state index in [9.17, 15) is 9.59 Å². The Morgan fingerprint density at radius 1 is 1.21 bits per heavy atom. The first-order valence-electron chi connectivity index (χ1n) is 7.51. The van der Waals surface area contributed by atoms with Crippen LogP contribution in [-0.4, -0.2) is 56.2 Å². The van der Waals surface area contributed by atoms with E-state index in [0.717, 1.165) is 5.56 Å². The van der Waals surface area contributed by atoms with Crippen LogP contribution in [-0.2, 0) is 14.3 Å². The Hall–Kier alpha value is -2.05. The van der Waals surface area contributed by atoms with Gasteiger partial charge >= 0.3 is 12.0 Å². The smallest absolute Gasteiger partial charge is 0.338 e. The van der Waals surface area contributed by atoms with Gasteiger partial charge in [0.1, 0.15) is 6.61 Å². The number of rotatable bonds is 5. The van der Waals surface area contributed by atoms with Crippen molar-refractivity contribution in [3.05, 3.63) is 46.1 Å². The summed E-state index contributed by atoms with van der Waals surface area (Å²) in [5, 5.41) is 0.588. The molecule has 1 aromatic carbocycles. The van der Waals surface area contributed by atoms with Gasteiger partial charge in [-0.05, 0) is 24.6 Å². The lowest BCUT2D eigenvalue weighted by Crippen LogP contribution is -2.47. The van der Waals surface area contributed by atoms with E-state index in [1.54, 1.807) is 45.3 Å². The summed E-state index contributed by atoms with van der Waals surface area (Å²) in [7, 11) is 4.83. The van der Waals surface area contributed by atoms with Crippen molar-refractivity contribution in [1.29, 1.82) is 0 Å². The lowest BCUT2D eigenvalue weighted by Gasteiger charge is -2.39. The fourth-order valence-electron chi connectivity index (χ4n) is 2.65. The van der Waals surface area contributed by atoms with E-state index >= 15 is 0 Å². The maximum absolute atomic E-state index is 12.6. The van der Waals surface area contributed by atoms with E-state index in [0.29, 0.717) is 22.9 Å². The first-order valence-corrected chi connectivity index (χ1v) is 7.89. The summed E-state index contributed by atoms with van der Waals surface area (Å²) in [6.07, 6.45) is 0. The lowest BCUT2D eigenvalue weighted by atomic mass is 9.94. The number of ether oxygens (including phenoxy) is 2. The van der Waals surface area contributed by atoms with Gasteiger partial charge in [0.25, 0.3) is 0 Å². The third-order valence-electron chi connectivity index (χ3n) is 4.07. The van der Waals surface area contributed by atoms with Crippen LogP contribution in [0.4, 0.5) is 4.79 Å². The van der Waals surface area contributed by atoms with Crippen molar-refractivity contribution in [1.82, 2.24) is 9.80 Å². The highest BCUT2D eigenvalue weighted by atomic mass is 35.5. The fourth-order valence-corrected chi connectivity index (χ4v) is 2.78. The van der Waals surface area contributed by atoms with Crippen LogP contribution in [0.25, 0.3) is 0 Å². The highest BCUT2D eigenvalue weighted by Gasteiger charge is 2.39. The molecule has 0 radical (unpaired) electrons. The van der Waals surface area contributed by atoms with Crippen molar-refractivity contribution in [2.75, 3.05) is 34.4 Å². The van der Waals surface area contributed by atoms with Crippen LogP contribution in [0, 0.1) is 0 Å². The van der Waals surface area contributed by atoms with Gasteiger partial charge in [-0.1, -0.05) is 23.7 Å². The average Bonchev–Trinajstić information content (AvgIpc) is 2.57. The highest BCUT2D eigenvalue weighted by molar-refractivity contribution is 6.30. The van der Waals surface area contributed by atoms with Crippen LogP contribution in [0.5, 0.6) is 0 Å². The quantitative estimate of drug-likeness (QED) is 0.604. The average molecular weight is 353 g/mol. The Balaban J connectivity index is 2.44. The zero-order chi connectivity index (χ0) is 17.9. The zero-order valence-corrected chi connectivity index (χ0v) is 15.0. The van der Waals surface area contributed by atoms with Gasteiger partial charge < -0.3 is 19.3 Å². The largest absolute Gasteiger partial charge is 0.460 e. The summed E-state index contributed by atoms with van der Waals surface area (Å²) in [5.74, 6) is -0.462. The standard InChI is InChI=1S/C17H21ClN2O4/c1-11-14(16(21)24-10-9-23-4)15(20(3)17(22)19(11)2)12-5-7-13(18)8-6-12/h5-8,15H,9-10H2,1-4H3/t15-/m1/s1. The Bertz CT molecular complexity index is 657. The van der Waals surface area contributed by atoms with Crippen LogP contribution in [0.3, 0.4) is 0 Å². The normalized spacial score (nSPS) is 18.2. The third-order valence-corrected chi connectivity index (χ3v) is 4.32. The first-order chi connectivity index (χ1) is 11.4. The third kappa shape index (κ3) is 3.55. The number of hydrogen-bond donors (Lipinski definition) is 0. The highest BCUT2D eigenvalue weighted by Crippen LogP contribution is 2.36. The summed E-state index contributed by atoms with van der Waals surface area (Å²) < 4.78 is 10.2. The molecule has 0 spiro atoms. The number of hydrogen-bond acceptors (Lipinski definition) is 4. The number of esters is 1. The number of methoxy groups -OCH3 is 1. The van der Waals surface area contributed by atoms with Gasteiger partial charge in [0.05, 0.1) is 18.2 Å². The van der Waals surface area contributed by atoms with Gasteiger partial charge in [0.2, 0.25) is 0 Å². The second-order valence-corrected chi connectivity index (χ2v) is 5.97. The molecule has 0 N–H and O–H groups in total. The monoisotopic (exact) mass is 352 g/mol. The van der Waals surface area contributed by atoms with Gasteiger partial charge in [-0.15, -0.1) is 0 Å². The predicted octanol–water partition coefficient (Wildman–Crippen LogP) is 2.84. The maximum atomic E-state index is 12.6. The van der Waals surface area contributed by atoms with Crippen molar-refractivity contribution < 1.29 is 19.1 Å². The predicted molar refractivity (Wildman–Crippen MR) is 90.7 cm³/mol. The van der Waals surface area contributed by atoms with Crippen molar-refractivity contribution in [2.24, 2.45) is 0 Å². The molecule has 1 heterocycles. The minimum absolute atomic E-state index is 0.154. The van der Waals surface area contributed by atoms with E-state index in [1.807, 2.05) is 0 Å². The van der Waals surface area contributed by atoms with Gasteiger partial charge in [0.15, 0.2) is 0 Å². The minimum Gasteiger partial charge on any atom is -0.460 e. The number of likely N-dealkylation sites (N-methyl/N-ethyl adjacent to an activating group) is 1. The summed E-state index contributed by atoms with van der Waals surface area (Å²) in [6.45, 7) is 2.20. The van der Waals surface area contributed by atoms with Gasteiger partial charge in [-0.3, -0.25) is 0 Å². The molecule has 1 aliphatic rings. The van der Waals surface area contributed by atoms with Crippen molar-refractivity contribution in [3.63, 3.8) is 0 Å². The van der Waals surface area contributed by atoms with Gasteiger partial charge in [-0.25, -0.2) is 9.59 Å². The van der Waals surface area contributed by atoms with Crippen LogP contribution in [0.2, 0.25) is 5.02 Å². The molecular formula is C17H21ClN2O4. The number of amides is 2. The van der Waals surface area contributed by atoms with Crippen LogP contribution in [0.1, 0.15) is 18.5 Å². The van der Waals surface area contributed by atoms with E-state index in [2.05, 4.69) is 0 Å². The molecule has 0 unspecified atom stereocenters. The second-order valence-electron chi connectivity index (χ2n) is 5.53. The Labute approximate surface area is 146 Å². The topological polar surface area (TPSA) is 59.1 Å². The Morgan fingerprint density at radius 3 is 2.42 bits per heavy atom. The molecule has 0 saturated heterocycles. The molecule has 2 amide bonds. The number of urea groups is 1. The molecule has 7 heteroatoms. The second kappa shape index (κ2) is 7.68. The summed E-state index contributed by atoms with van der Waals surface area (Å²) in [4.78, 5) is 28.0. The lowest BCUT2D eigenvalue weighted by molar-refractivity contribution is -0.141. The van der Waals surface area contributed by atoms with E-state index < -0.39 is 12.0 Å². The van der Waals surface area contributed by atoms with Crippen LogP contribution < -0.4 is 0 Å². The number of carbonyl (C=O) groups is 2. The van der Waals surface area contributed by atoms with E-state index in [4.69, 9.17) is 21.1 Å². The molecule has 0 saturated carbocycles. The molecule has 2 rings (SSSR count). The molecule has 24 heavy (non-hydrogen) atoms. The van der Waals surface area contributed by atoms with Crippen molar-refractivity contribution in [3.8, 4) is 0 Å². The van der Waals surface area contributed by atoms with Gasteiger partial charge in [-0.2, -0.15) is 0 Å². The number of benzene rings is 1. The number of halogens is 1. The molecule has 0 aliphatic carbocycles. The zero-order valence-electron chi connectivity index (χ0n) is 14.2. The van der Waals surface area contributed by atoms with E-state index in [1.165, 1.54) is 16.9 Å². The molecule has 1 atom stereocenters. The molecule has 6 nitrogen and oxygen atoms in total. The number of carbonyl (C=O) groups excluding carboxylic acids is 2. The van der Waals surface area contributed by atoms with Crippen molar-refractivity contribution in [2.45, 2.75) is 13.0 Å². The van der Waals surface area contributed by atoms with Crippen LogP contribution >= 0.6 is 11.6 Å². The molecule has 0 bridgehead atoms. The molecule has 1 aliphatic heterocycles. The summed E-state index contributed by atoms with van der Waals surface area (Å²) >= 11 is 5.94. The number of allylic oxidation sites excluding steroid dienone is 1. The molecular weight excluding hydrogens is 332 g/mol. The summed E-state index contributed by atoms with van der Waals surface area (Å²) in [5.41, 5.74) is 1.79. The summed E-state index contributed by atoms with van der Waals surface area (Å²) in [6, 6.07) is 6.35. The fraction of sp³-hybridized carbons (Fsp3) is 0.412. The van der Waals surface area contributed by atoms with E-state index in [-0.39, 0.29) is 12.6 Å². The first kappa shape index (κ1) is 18.3. The van der Waals surface area contributed by atoms with Gasteiger partial charge in [0, 0.05) is 31.9 Å². The minimum atomic E-state index is -0.527. The van der Waals surface area contributed by atoms with Crippen LogP contribution in [0.15, 0.2) is 35.5 Å². The SMILES string of the molecule is COCCOC(=O)C1=C(C)N(C)C(=O)N(C)[C@@H]1c1ccc(Cl)cc1. The molecule has 0 fully saturated rings. The Kier molecular flexibility index (Phi) is 5.85. The maximum Gasteiger partial charge on any atom is 0.338 e. The molecule has 130 valence electrons. The molecule has 1 aromatic rings. The number of nitrogens with zero attached hydrogens (tertiary/aromatic N) is 2.